The van der Waals surface area contributed by atoms with E-state index >= 15 is 0 Å². The van der Waals surface area contributed by atoms with Gasteiger partial charge in [0, 0.05) is 31.2 Å². The molecule has 3 nitrogen and oxygen atoms in total. The third-order valence-electron chi connectivity index (χ3n) is 4.66. The third kappa shape index (κ3) is 6.11. The topological polar surface area (TPSA) is 33.3 Å². The maximum atomic E-state index is 6.26. The summed E-state index contributed by atoms with van der Waals surface area (Å²) in [6.45, 7) is 2.10. The lowest BCUT2D eigenvalue weighted by Crippen LogP contribution is -2.31. The van der Waals surface area contributed by atoms with Crippen molar-refractivity contribution in [1.29, 1.82) is 0 Å². The van der Waals surface area contributed by atoms with Gasteiger partial charge in [-0.2, -0.15) is 0 Å². The van der Waals surface area contributed by atoms with Crippen LogP contribution in [0.4, 0.5) is 0 Å². The Morgan fingerprint density at radius 3 is 2.34 bits per heavy atom. The lowest BCUT2D eigenvalue weighted by Gasteiger charge is -2.21. The maximum absolute atomic E-state index is 6.26. The van der Waals surface area contributed by atoms with Crippen molar-refractivity contribution >= 4 is 34.8 Å². The van der Waals surface area contributed by atoms with E-state index in [0.29, 0.717) is 27.4 Å². The number of methoxy groups -OCH3 is 1. The second-order valence-corrected chi connectivity index (χ2v) is 7.88. The van der Waals surface area contributed by atoms with Gasteiger partial charge in [0.25, 0.3) is 0 Å². The zero-order valence-electron chi connectivity index (χ0n) is 16.1. The van der Waals surface area contributed by atoms with E-state index in [0.717, 1.165) is 24.2 Å². The molecule has 0 heterocycles. The van der Waals surface area contributed by atoms with Gasteiger partial charge in [0.05, 0.1) is 22.2 Å². The predicted octanol–water partition coefficient (Wildman–Crippen LogP) is 6.28. The molecular formula is C23H23Cl3N2O. The summed E-state index contributed by atoms with van der Waals surface area (Å²) in [6, 6.07) is 21.8. The Bertz CT molecular complexity index is 935. The van der Waals surface area contributed by atoms with Gasteiger partial charge in [-0.05, 0) is 29.3 Å². The highest BCUT2D eigenvalue weighted by Crippen LogP contribution is 2.29. The molecule has 0 bridgehead atoms. The summed E-state index contributed by atoms with van der Waals surface area (Å²) in [5.41, 5.74) is 3.28. The fraction of sp³-hybridized carbons (Fsp3) is 0.217. The van der Waals surface area contributed by atoms with Crippen LogP contribution in [0.2, 0.25) is 15.1 Å². The molecule has 0 spiro atoms. The Kier molecular flexibility index (Phi) is 8.22. The van der Waals surface area contributed by atoms with E-state index in [4.69, 9.17) is 39.5 Å². The third-order valence-corrected chi connectivity index (χ3v) is 5.69. The summed E-state index contributed by atoms with van der Waals surface area (Å²) < 4.78 is 5.46. The molecule has 0 amide bonds. The van der Waals surface area contributed by atoms with Gasteiger partial charge in [0.2, 0.25) is 0 Å². The average Bonchev–Trinajstić information content (AvgIpc) is 2.73. The highest BCUT2D eigenvalue weighted by molar-refractivity contribution is 6.42. The Balaban J connectivity index is 1.73. The molecule has 0 aliphatic heterocycles. The number of ether oxygens (including phenoxy) is 1. The average molecular weight is 450 g/mol. The summed E-state index contributed by atoms with van der Waals surface area (Å²) in [5, 5.41) is 8.78. The van der Waals surface area contributed by atoms with Crippen molar-refractivity contribution < 1.29 is 4.74 Å². The van der Waals surface area contributed by atoms with E-state index in [1.54, 1.807) is 7.11 Å². The molecule has 0 saturated carbocycles. The SMILES string of the molecule is COc1c(Cl)cccc1CNC(CNCc1ccccc1)c1ccc(Cl)c(Cl)c1. The number of para-hydroxylation sites is 1. The fourth-order valence-corrected chi connectivity index (χ4v) is 3.73. The Morgan fingerprint density at radius 1 is 0.828 bits per heavy atom. The number of hydrogen-bond donors (Lipinski definition) is 2. The number of hydrogen-bond acceptors (Lipinski definition) is 3. The lowest BCUT2D eigenvalue weighted by molar-refractivity contribution is 0.404. The minimum absolute atomic E-state index is 0.0252. The van der Waals surface area contributed by atoms with Crippen LogP contribution in [-0.4, -0.2) is 13.7 Å². The highest BCUT2D eigenvalue weighted by atomic mass is 35.5. The van der Waals surface area contributed by atoms with Crippen molar-refractivity contribution in [3.05, 3.63) is 98.5 Å². The minimum atomic E-state index is 0.0252. The van der Waals surface area contributed by atoms with Crippen molar-refractivity contribution in [3.63, 3.8) is 0 Å². The molecule has 29 heavy (non-hydrogen) atoms. The number of halogens is 3. The molecule has 2 N–H and O–H groups in total. The van der Waals surface area contributed by atoms with Crippen LogP contribution in [0.15, 0.2) is 66.7 Å². The first-order valence-electron chi connectivity index (χ1n) is 9.33. The van der Waals surface area contributed by atoms with E-state index in [2.05, 4.69) is 22.8 Å². The summed E-state index contributed by atoms with van der Waals surface area (Å²) in [6.07, 6.45) is 0. The Morgan fingerprint density at radius 2 is 1.62 bits per heavy atom. The molecule has 0 aromatic heterocycles. The molecule has 0 fully saturated rings. The maximum Gasteiger partial charge on any atom is 0.141 e. The minimum Gasteiger partial charge on any atom is -0.495 e. The summed E-state index contributed by atoms with van der Waals surface area (Å²) in [7, 11) is 1.63. The molecule has 3 aromatic carbocycles. The molecule has 152 valence electrons. The number of nitrogens with one attached hydrogen (secondary N) is 2. The van der Waals surface area contributed by atoms with Crippen molar-refractivity contribution in [2.45, 2.75) is 19.1 Å². The standard InChI is InChI=1S/C23H23Cl3N2O/c1-29-23-18(8-5-9-20(23)25)14-28-22(17-10-11-19(24)21(26)12-17)15-27-13-16-6-3-2-4-7-16/h2-12,22,27-28H,13-15H2,1H3. The van der Waals surface area contributed by atoms with Gasteiger partial charge in [-0.1, -0.05) is 83.3 Å². The van der Waals surface area contributed by atoms with Crippen molar-refractivity contribution in [2.75, 3.05) is 13.7 Å². The molecule has 1 atom stereocenters. The van der Waals surface area contributed by atoms with Gasteiger partial charge >= 0.3 is 0 Å². The Hall–Kier alpha value is -1.75. The predicted molar refractivity (Wildman–Crippen MR) is 122 cm³/mol. The van der Waals surface area contributed by atoms with Crippen LogP contribution in [-0.2, 0) is 13.1 Å². The monoisotopic (exact) mass is 448 g/mol. The molecule has 3 aromatic rings. The van der Waals surface area contributed by atoms with Crippen molar-refractivity contribution in [3.8, 4) is 5.75 Å². The first-order valence-corrected chi connectivity index (χ1v) is 10.5. The molecule has 0 aliphatic carbocycles. The quantitative estimate of drug-likeness (QED) is 0.403. The van der Waals surface area contributed by atoms with Gasteiger partial charge in [-0.3, -0.25) is 0 Å². The normalized spacial score (nSPS) is 12.0. The number of benzene rings is 3. The van der Waals surface area contributed by atoms with Gasteiger partial charge < -0.3 is 15.4 Å². The van der Waals surface area contributed by atoms with Gasteiger partial charge in [-0.25, -0.2) is 0 Å². The van der Waals surface area contributed by atoms with Crippen LogP contribution in [0, 0.1) is 0 Å². The highest BCUT2D eigenvalue weighted by Gasteiger charge is 2.15. The van der Waals surface area contributed by atoms with E-state index in [9.17, 15) is 0 Å². The summed E-state index contributed by atoms with van der Waals surface area (Å²) in [5.74, 6) is 0.687. The van der Waals surface area contributed by atoms with Crippen LogP contribution in [0.1, 0.15) is 22.7 Å². The Labute approximate surface area is 186 Å². The van der Waals surface area contributed by atoms with E-state index in [1.165, 1.54) is 5.56 Å². The van der Waals surface area contributed by atoms with E-state index in [1.807, 2.05) is 54.6 Å². The van der Waals surface area contributed by atoms with Crippen LogP contribution in [0.5, 0.6) is 5.75 Å². The molecule has 0 aliphatic rings. The number of rotatable bonds is 9. The van der Waals surface area contributed by atoms with Crippen LogP contribution in [0.25, 0.3) is 0 Å². The summed E-state index contributed by atoms with van der Waals surface area (Å²) in [4.78, 5) is 0. The molecule has 6 heteroatoms. The van der Waals surface area contributed by atoms with E-state index in [-0.39, 0.29) is 6.04 Å². The van der Waals surface area contributed by atoms with Gasteiger partial charge in [-0.15, -0.1) is 0 Å². The second kappa shape index (κ2) is 10.9. The first kappa shape index (κ1) is 21.9. The van der Waals surface area contributed by atoms with Crippen LogP contribution in [0.3, 0.4) is 0 Å². The second-order valence-electron chi connectivity index (χ2n) is 6.66. The van der Waals surface area contributed by atoms with Crippen LogP contribution >= 0.6 is 34.8 Å². The first-order chi connectivity index (χ1) is 14.1. The van der Waals surface area contributed by atoms with Gasteiger partial charge in [0.15, 0.2) is 0 Å². The van der Waals surface area contributed by atoms with Gasteiger partial charge in [0.1, 0.15) is 5.75 Å². The fourth-order valence-electron chi connectivity index (χ4n) is 3.15. The lowest BCUT2D eigenvalue weighted by atomic mass is 10.1. The molecule has 0 saturated heterocycles. The van der Waals surface area contributed by atoms with Crippen molar-refractivity contribution in [1.82, 2.24) is 10.6 Å². The zero-order chi connectivity index (χ0) is 20.6. The van der Waals surface area contributed by atoms with Crippen LogP contribution < -0.4 is 15.4 Å². The largest absolute Gasteiger partial charge is 0.495 e. The molecular weight excluding hydrogens is 427 g/mol. The van der Waals surface area contributed by atoms with Crippen molar-refractivity contribution in [2.24, 2.45) is 0 Å². The molecule has 3 rings (SSSR count). The zero-order valence-corrected chi connectivity index (χ0v) is 18.4. The van der Waals surface area contributed by atoms with E-state index < -0.39 is 0 Å². The molecule has 0 radical (unpaired) electrons. The molecule has 1 unspecified atom stereocenters. The summed E-state index contributed by atoms with van der Waals surface area (Å²) >= 11 is 18.6. The smallest absolute Gasteiger partial charge is 0.141 e.